The molecule has 0 saturated carbocycles. The molecule has 0 bridgehead atoms. The van der Waals surface area contributed by atoms with E-state index >= 15 is 0 Å². The molecule has 0 atom stereocenters. The summed E-state index contributed by atoms with van der Waals surface area (Å²) in [6, 6.07) is 15.7. The smallest absolute Gasteiger partial charge is 0.124 e. The normalized spacial score (nSPS) is 11.2. The zero-order chi connectivity index (χ0) is 15.5. The number of hydrogen-bond donors (Lipinski definition) is 1. The van der Waals surface area contributed by atoms with Crippen molar-refractivity contribution in [3.8, 4) is 5.75 Å². The molecule has 0 aliphatic rings. The molecule has 1 aromatic heterocycles. The molecule has 0 aliphatic carbocycles. The van der Waals surface area contributed by atoms with E-state index in [2.05, 4.69) is 11.1 Å². The average Bonchev–Trinajstić information content (AvgIpc) is 2.53. The van der Waals surface area contributed by atoms with Gasteiger partial charge in [0.25, 0.3) is 0 Å². The Morgan fingerprint density at radius 3 is 2.50 bits per heavy atom. The Morgan fingerprint density at radius 2 is 1.73 bits per heavy atom. The third-order valence-corrected chi connectivity index (χ3v) is 3.66. The van der Waals surface area contributed by atoms with E-state index in [0.29, 0.717) is 0 Å². The molecule has 3 rings (SSSR count). The SMILES string of the molecule is CN(C)c1ccc(/C=C\c2ccnc3ccccc23)c(O)c1. The van der Waals surface area contributed by atoms with Crippen molar-refractivity contribution in [1.29, 1.82) is 0 Å². The van der Waals surface area contributed by atoms with E-state index in [1.54, 1.807) is 12.3 Å². The number of hydrogen-bond acceptors (Lipinski definition) is 3. The molecule has 0 aliphatic heterocycles. The Morgan fingerprint density at radius 1 is 0.955 bits per heavy atom. The molecule has 0 saturated heterocycles. The number of benzene rings is 2. The second-order valence-electron chi connectivity index (χ2n) is 5.39. The minimum Gasteiger partial charge on any atom is -0.507 e. The van der Waals surface area contributed by atoms with Crippen molar-refractivity contribution >= 4 is 28.7 Å². The van der Waals surface area contributed by atoms with Crippen LogP contribution in [0.3, 0.4) is 0 Å². The first kappa shape index (κ1) is 14.1. The molecule has 3 nitrogen and oxygen atoms in total. The molecule has 2 aromatic carbocycles. The van der Waals surface area contributed by atoms with E-state index in [4.69, 9.17) is 0 Å². The van der Waals surface area contributed by atoms with Crippen molar-refractivity contribution in [2.45, 2.75) is 0 Å². The largest absolute Gasteiger partial charge is 0.507 e. The molecule has 3 heteroatoms. The predicted molar refractivity (Wildman–Crippen MR) is 93.1 cm³/mol. The number of phenols is 1. The highest BCUT2D eigenvalue weighted by atomic mass is 16.3. The maximum absolute atomic E-state index is 10.1. The number of fused-ring (bicyclic) bond motifs is 1. The lowest BCUT2D eigenvalue weighted by molar-refractivity contribution is 0.474. The lowest BCUT2D eigenvalue weighted by Crippen LogP contribution is -2.08. The molecular formula is C19H18N2O. The second-order valence-corrected chi connectivity index (χ2v) is 5.39. The fourth-order valence-electron chi connectivity index (χ4n) is 2.39. The maximum Gasteiger partial charge on any atom is 0.124 e. The summed E-state index contributed by atoms with van der Waals surface area (Å²) in [6.45, 7) is 0. The number of para-hydroxylation sites is 1. The minimum atomic E-state index is 0.279. The number of nitrogens with zero attached hydrogens (tertiary/aromatic N) is 2. The van der Waals surface area contributed by atoms with Crippen molar-refractivity contribution in [1.82, 2.24) is 4.98 Å². The summed E-state index contributed by atoms with van der Waals surface area (Å²) in [5.74, 6) is 0.279. The summed E-state index contributed by atoms with van der Waals surface area (Å²) in [5, 5.41) is 11.2. The summed E-state index contributed by atoms with van der Waals surface area (Å²) in [4.78, 5) is 6.32. The van der Waals surface area contributed by atoms with Gasteiger partial charge in [-0.3, -0.25) is 4.98 Å². The Labute approximate surface area is 130 Å². The van der Waals surface area contributed by atoms with E-state index in [9.17, 15) is 5.11 Å². The molecular weight excluding hydrogens is 272 g/mol. The molecule has 0 amide bonds. The predicted octanol–water partition coefficient (Wildman–Crippen LogP) is 4.18. The highest BCUT2D eigenvalue weighted by molar-refractivity contribution is 5.90. The first-order valence-electron chi connectivity index (χ1n) is 7.17. The number of rotatable bonds is 3. The average molecular weight is 290 g/mol. The van der Waals surface area contributed by atoms with Gasteiger partial charge >= 0.3 is 0 Å². The van der Waals surface area contributed by atoms with Gasteiger partial charge in [-0.15, -0.1) is 0 Å². The van der Waals surface area contributed by atoms with Crippen LogP contribution in [0, 0.1) is 0 Å². The Bertz CT molecular complexity index is 832. The quantitative estimate of drug-likeness (QED) is 0.786. The van der Waals surface area contributed by atoms with Crippen LogP contribution in [0.1, 0.15) is 11.1 Å². The third kappa shape index (κ3) is 2.79. The van der Waals surface area contributed by atoms with Crippen molar-refractivity contribution in [3.63, 3.8) is 0 Å². The van der Waals surface area contributed by atoms with Crippen LogP contribution in [0.5, 0.6) is 5.75 Å². The van der Waals surface area contributed by atoms with Crippen molar-refractivity contribution in [3.05, 3.63) is 65.9 Å². The molecule has 1 heterocycles. The van der Waals surface area contributed by atoms with Crippen molar-refractivity contribution < 1.29 is 5.11 Å². The first-order valence-corrected chi connectivity index (χ1v) is 7.17. The monoisotopic (exact) mass is 290 g/mol. The van der Waals surface area contributed by atoms with E-state index in [1.165, 1.54) is 0 Å². The molecule has 0 spiro atoms. The van der Waals surface area contributed by atoms with E-state index in [-0.39, 0.29) is 5.75 Å². The zero-order valence-electron chi connectivity index (χ0n) is 12.7. The molecule has 110 valence electrons. The summed E-state index contributed by atoms with van der Waals surface area (Å²) in [7, 11) is 3.90. The van der Waals surface area contributed by atoms with Crippen LogP contribution < -0.4 is 4.90 Å². The van der Waals surface area contributed by atoms with Gasteiger partial charge in [0.2, 0.25) is 0 Å². The van der Waals surface area contributed by atoms with Crippen LogP contribution in [0.15, 0.2) is 54.7 Å². The van der Waals surface area contributed by atoms with Crippen LogP contribution in [-0.4, -0.2) is 24.2 Å². The number of pyridine rings is 1. The van der Waals surface area contributed by atoms with Crippen LogP contribution in [-0.2, 0) is 0 Å². The summed E-state index contributed by atoms with van der Waals surface area (Å²) in [5.41, 5.74) is 3.83. The molecule has 0 radical (unpaired) electrons. The minimum absolute atomic E-state index is 0.279. The standard InChI is InChI=1S/C19H18N2O/c1-21(2)16-10-9-15(19(22)13-16)8-7-14-11-12-20-18-6-4-3-5-17(14)18/h3-13,22H,1-2H3/b8-7-. The molecule has 0 unspecified atom stereocenters. The Balaban J connectivity index is 1.96. The van der Waals surface area contributed by atoms with Crippen LogP contribution >= 0.6 is 0 Å². The lowest BCUT2D eigenvalue weighted by Gasteiger charge is -2.13. The van der Waals surface area contributed by atoms with Gasteiger partial charge in [0.15, 0.2) is 0 Å². The molecule has 3 aromatic rings. The van der Waals surface area contributed by atoms with Crippen molar-refractivity contribution in [2.24, 2.45) is 0 Å². The fraction of sp³-hybridized carbons (Fsp3) is 0.105. The summed E-state index contributed by atoms with van der Waals surface area (Å²) in [6.07, 6.45) is 5.74. The van der Waals surface area contributed by atoms with Crippen LogP contribution in [0.4, 0.5) is 5.69 Å². The van der Waals surface area contributed by atoms with Gasteiger partial charge in [0.05, 0.1) is 5.52 Å². The molecule has 0 fully saturated rings. The number of aromatic hydroxyl groups is 1. The lowest BCUT2D eigenvalue weighted by atomic mass is 10.1. The van der Waals surface area contributed by atoms with Crippen LogP contribution in [0.2, 0.25) is 0 Å². The van der Waals surface area contributed by atoms with Gasteiger partial charge in [0.1, 0.15) is 5.75 Å². The number of phenolic OH excluding ortho intramolecular Hbond substituents is 1. The topological polar surface area (TPSA) is 36.4 Å². The third-order valence-electron chi connectivity index (χ3n) is 3.66. The summed E-state index contributed by atoms with van der Waals surface area (Å²) >= 11 is 0. The van der Waals surface area contributed by atoms with Gasteiger partial charge in [-0.05, 0) is 29.8 Å². The summed E-state index contributed by atoms with van der Waals surface area (Å²) < 4.78 is 0. The van der Waals surface area contributed by atoms with Gasteiger partial charge in [-0.1, -0.05) is 30.4 Å². The van der Waals surface area contributed by atoms with Gasteiger partial charge in [-0.2, -0.15) is 0 Å². The van der Waals surface area contributed by atoms with Gasteiger partial charge < -0.3 is 10.0 Å². The number of anilines is 1. The Hall–Kier alpha value is -2.81. The van der Waals surface area contributed by atoms with E-state index in [0.717, 1.165) is 27.7 Å². The van der Waals surface area contributed by atoms with E-state index in [1.807, 2.05) is 67.5 Å². The van der Waals surface area contributed by atoms with Gasteiger partial charge in [-0.25, -0.2) is 0 Å². The first-order chi connectivity index (χ1) is 10.6. The highest BCUT2D eigenvalue weighted by Crippen LogP contribution is 2.26. The fourth-order valence-corrected chi connectivity index (χ4v) is 2.39. The molecule has 22 heavy (non-hydrogen) atoms. The van der Waals surface area contributed by atoms with Crippen molar-refractivity contribution in [2.75, 3.05) is 19.0 Å². The Kier molecular flexibility index (Phi) is 3.79. The second kappa shape index (κ2) is 5.90. The zero-order valence-corrected chi connectivity index (χ0v) is 12.7. The highest BCUT2D eigenvalue weighted by Gasteiger charge is 2.02. The van der Waals surface area contributed by atoms with Crippen LogP contribution in [0.25, 0.3) is 23.1 Å². The molecule has 1 N–H and O–H groups in total. The number of aromatic nitrogens is 1. The van der Waals surface area contributed by atoms with Gasteiger partial charge in [0, 0.05) is 43.0 Å². The maximum atomic E-state index is 10.1. The van der Waals surface area contributed by atoms with E-state index < -0.39 is 0 Å².